The number of hydrogen-bond acceptors (Lipinski definition) is 7. The fraction of sp³-hybridized carbons (Fsp3) is 0.296. The minimum atomic E-state index is -4.50. The van der Waals surface area contributed by atoms with Gasteiger partial charge in [0.1, 0.15) is 23.8 Å². The van der Waals surface area contributed by atoms with Gasteiger partial charge in [-0.3, -0.25) is 0 Å². The van der Waals surface area contributed by atoms with Gasteiger partial charge in [-0.2, -0.15) is 23.3 Å². The van der Waals surface area contributed by atoms with Crippen LogP contribution in [0, 0.1) is 6.92 Å². The van der Waals surface area contributed by atoms with Crippen LogP contribution in [0.25, 0.3) is 5.82 Å². The van der Waals surface area contributed by atoms with Crippen LogP contribution in [0.3, 0.4) is 0 Å². The third-order valence-corrected chi connectivity index (χ3v) is 6.03. The second-order valence-electron chi connectivity index (χ2n) is 8.68. The summed E-state index contributed by atoms with van der Waals surface area (Å²) < 4.78 is 51.6. The van der Waals surface area contributed by atoms with E-state index in [0.29, 0.717) is 23.1 Å². The molecule has 2 aromatic heterocycles. The Kier molecular flexibility index (Phi) is 7.98. The van der Waals surface area contributed by atoms with Crippen molar-refractivity contribution in [1.82, 2.24) is 19.7 Å². The van der Waals surface area contributed by atoms with Gasteiger partial charge in [-0.1, -0.05) is 24.3 Å². The average molecular weight is 529 g/mol. The van der Waals surface area contributed by atoms with Gasteiger partial charge in [-0.25, -0.2) is 9.67 Å². The molecule has 8 nitrogen and oxygen atoms in total. The topological polar surface area (TPSA) is 103 Å². The fourth-order valence-electron chi connectivity index (χ4n) is 3.98. The summed E-state index contributed by atoms with van der Waals surface area (Å²) in [4.78, 5) is 8.71. The molecule has 2 aromatic carbocycles. The van der Waals surface area contributed by atoms with E-state index in [1.807, 2.05) is 24.3 Å². The highest BCUT2D eigenvalue weighted by Crippen LogP contribution is 2.36. The van der Waals surface area contributed by atoms with Crippen LogP contribution in [0.4, 0.5) is 13.2 Å². The number of aliphatic hydroxyl groups is 2. The molecule has 0 saturated heterocycles. The third kappa shape index (κ3) is 6.12. The van der Waals surface area contributed by atoms with E-state index in [2.05, 4.69) is 15.1 Å². The molecule has 0 spiro atoms. The summed E-state index contributed by atoms with van der Waals surface area (Å²) in [7, 11) is 1.59. The Balaban J connectivity index is 1.59. The first-order chi connectivity index (χ1) is 18.1. The zero-order chi connectivity index (χ0) is 27.3. The van der Waals surface area contributed by atoms with Crippen molar-refractivity contribution >= 4 is 0 Å². The molecule has 0 fully saturated rings. The van der Waals surface area contributed by atoms with Crippen molar-refractivity contribution in [1.29, 1.82) is 0 Å². The maximum atomic E-state index is 13.0. The van der Waals surface area contributed by atoms with Crippen molar-refractivity contribution in [2.24, 2.45) is 0 Å². The maximum absolute atomic E-state index is 13.0. The molecule has 0 aliphatic heterocycles. The lowest BCUT2D eigenvalue weighted by atomic mass is 9.84. The lowest BCUT2D eigenvalue weighted by molar-refractivity contribution is -0.137. The monoisotopic (exact) mass is 528 g/mol. The van der Waals surface area contributed by atoms with Crippen LogP contribution in [-0.4, -0.2) is 43.7 Å². The first-order valence-corrected chi connectivity index (χ1v) is 11.8. The van der Waals surface area contributed by atoms with Gasteiger partial charge in [0.15, 0.2) is 5.82 Å². The van der Waals surface area contributed by atoms with Crippen LogP contribution in [0.1, 0.15) is 40.9 Å². The second-order valence-corrected chi connectivity index (χ2v) is 8.68. The summed E-state index contributed by atoms with van der Waals surface area (Å²) in [5, 5.41) is 25.3. The van der Waals surface area contributed by atoms with E-state index in [1.165, 1.54) is 23.0 Å². The molecular weight excluding hydrogens is 501 g/mol. The molecule has 200 valence electrons. The lowest BCUT2D eigenvalue weighted by Gasteiger charge is -2.28. The molecule has 0 radical (unpaired) electrons. The smallest absolute Gasteiger partial charge is 0.416 e. The number of nitrogens with zero attached hydrogens (tertiary/aromatic N) is 4. The summed E-state index contributed by atoms with van der Waals surface area (Å²) >= 11 is 0. The first kappa shape index (κ1) is 27.1. The predicted octanol–water partition coefficient (Wildman–Crippen LogP) is 4.59. The van der Waals surface area contributed by atoms with Crippen molar-refractivity contribution in [3.8, 4) is 17.4 Å². The van der Waals surface area contributed by atoms with Gasteiger partial charge < -0.3 is 19.7 Å². The van der Waals surface area contributed by atoms with Crippen LogP contribution in [0.2, 0.25) is 0 Å². The first-order valence-electron chi connectivity index (χ1n) is 11.8. The summed E-state index contributed by atoms with van der Waals surface area (Å²) in [6.45, 7) is 1.77. The van der Waals surface area contributed by atoms with Crippen LogP contribution in [-0.2, 0) is 18.4 Å². The van der Waals surface area contributed by atoms with Crippen LogP contribution in [0.5, 0.6) is 11.6 Å². The predicted molar refractivity (Wildman–Crippen MR) is 132 cm³/mol. The van der Waals surface area contributed by atoms with Crippen LogP contribution in [0.15, 0.2) is 67.0 Å². The van der Waals surface area contributed by atoms with Gasteiger partial charge in [-0.15, -0.1) is 0 Å². The van der Waals surface area contributed by atoms with Gasteiger partial charge in [0.25, 0.3) is 0 Å². The van der Waals surface area contributed by atoms with E-state index in [1.54, 1.807) is 26.3 Å². The quantitative estimate of drug-likeness (QED) is 0.311. The number of methoxy groups -OCH3 is 1. The number of aromatic nitrogens is 4. The highest BCUT2D eigenvalue weighted by atomic mass is 19.4. The molecule has 0 aliphatic carbocycles. The molecule has 1 unspecified atom stereocenters. The molecule has 0 aliphatic rings. The zero-order valence-corrected chi connectivity index (χ0v) is 20.8. The third-order valence-electron chi connectivity index (χ3n) is 6.03. The molecule has 2 heterocycles. The SMILES string of the molecule is COc1ccc(COc2cc(-n3cc(C(O)(CCCO)c4ccc(C(F)(F)F)cc4)cn3)nc(C)n2)cc1. The Morgan fingerprint density at radius 2 is 1.63 bits per heavy atom. The number of hydrogen-bond donors (Lipinski definition) is 2. The largest absolute Gasteiger partial charge is 0.497 e. The van der Waals surface area contributed by atoms with Gasteiger partial charge in [0.05, 0.1) is 18.9 Å². The maximum Gasteiger partial charge on any atom is 0.416 e. The van der Waals surface area contributed by atoms with Crippen LogP contribution < -0.4 is 9.47 Å². The lowest BCUT2D eigenvalue weighted by Crippen LogP contribution is -2.27. The number of halogens is 3. The normalized spacial score (nSPS) is 13.2. The van der Waals surface area contributed by atoms with Crippen molar-refractivity contribution in [3.05, 3.63) is 95.1 Å². The molecule has 4 rings (SSSR count). The van der Waals surface area contributed by atoms with Gasteiger partial charge in [0, 0.05) is 24.4 Å². The minimum Gasteiger partial charge on any atom is -0.497 e. The Labute approximate surface area is 217 Å². The zero-order valence-electron chi connectivity index (χ0n) is 20.8. The molecule has 0 bridgehead atoms. The van der Waals surface area contributed by atoms with Crippen LogP contribution >= 0.6 is 0 Å². The van der Waals surface area contributed by atoms with E-state index in [0.717, 1.165) is 23.4 Å². The number of aliphatic hydroxyl groups excluding tert-OH is 1. The van der Waals surface area contributed by atoms with E-state index in [-0.39, 0.29) is 31.6 Å². The highest BCUT2D eigenvalue weighted by molar-refractivity contribution is 5.38. The standard InChI is InChI=1S/C27H27F3N4O4/c1-18-32-24(14-25(33-18)38-17-19-4-10-23(37-2)11-5-19)34-16-22(15-31-34)26(36,12-3-13-35)20-6-8-21(9-7-20)27(28,29)30/h4-11,14-16,35-36H,3,12-13,17H2,1-2H3. The van der Waals surface area contributed by atoms with E-state index in [9.17, 15) is 23.4 Å². The second kappa shape index (κ2) is 11.2. The van der Waals surface area contributed by atoms with Crippen molar-refractivity contribution in [2.75, 3.05) is 13.7 Å². The Morgan fingerprint density at radius 3 is 2.26 bits per heavy atom. The molecule has 1 atom stereocenters. The number of rotatable bonds is 10. The average Bonchev–Trinajstić information content (AvgIpc) is 3.41. The van der Waals surface area contributed by atoms with Gasteiger partial charge in [0.2, 0.25) is 5.88 Å². The van der Waals surface area contributed by atoms with Crippen molar-refractivity contribution < 1.29 is 32.9 Å². The number of benzene rings is 2. The summed E-state index contributed by atoms with van der Waals surface area (Å²) in [6.07, 6.45) is -1.24. The Hall–Kier alpha value is -3.96. The molecule has 2 N–H and O–H groups in total. The van der Waals surface area contributed by atoms with E-state index in [4.69, 9.17) is 9.47 Å². The number of ether oxygens (including phenoxy) is 2. The fourth-order valence-corrected chi connectivity index (χ4v) is 3.98. The molecule has 0 amide bonds. The summed E-state index contributed by atoms with van der Waals surface area (Å²) in [6, 6.07) is 13.3. The van der Waals surface area contributed by atoms with E-state index < -0.39 is 17.3 Å². The molecule has 38 heavy (non-hydrogen) atoms. The Morgan fingerprint density at radius 1 is 0.947 bits per heavy atom. The molecule has 11 heteroatoms. The minimum absolute atomic E-state index is 0.0690. The van der Waals surface area contributed by atoms with E-state index >= 15 is 0 Å². The number of alkyl halides is 3. The summed E-state index contributed by atoms with van der Waals surface area (Å²) in [5.41, 5.74) is -1.000. The molecule has 0 saturated carbocycles. The van der Waals surface area contributed by atoms with Gasteiger partial charge >= 0.3 is 6.18 Å². The Bertz CT molecular complexity index is 1360. The van der Waals surface area contributed by atoms with Crippen molar-refractivity contribution in [2.45, 2.75) is 38.1 Å². The number of aryl methyl sites for hydroxylation is 1. The van der Waals surface area contributed by atoms with Gasteiger partial charge in [-0.05, 0) is 55.2 Å². The molecular formula is C27H27F3N4O4. The highest BCUT2D eigenvalue weighted by Gasteiger charge is 2.35. The summed E-state index contributed by atoms with van der Waals surface area (Å²) in [5.74, 6) is 1.87. The van der Waals surface area contributed by atoms with Crippen molar-refractivity contribution in [3.63, 3.8) is 0 Å². The molecule has 4 aromatic rings.